The molecular formula is C14H35I5N5O6V2. The third kappa shape index (κ3) is 69.8. The van der Waals surface area contributed by atoms with Gasteiger partial charge in [0.25, 0.3) is 0 Å². The maximum absolute atomic E-state index is 10.2. The SMILES string of the molecule is C.CC(=O)CC(C)O.CC(O)CC(=O)NN.CC1CNC(=O)O1.N=N.[HH].[I][V]([I])[I].[I][V][I]. The average Bonchev–Trinajstić information content (AvgIpc) is 2.99. The van der Waals surface area contributed by atoms with Gasteiger partial charge in [-0.2, -0.15) is 0 Å². The number of ether oxygens (including phenoxy) is 1. The molecule has 32 heavy (non-hydrogen) atoms. The van der Waals surface area contributed by atoms with Crippen molar-refractivity contribution in [1.82, 2.24) is 10.7 Å². The van der Waals surface area contributed by atoms with Crippen LogP contribution in [0.15, 0.2) is 0 Å². The number of hydrazine groups is 1. The minimum absolute atomic E-state index is 0. The number of nitrogens with one attached hydrogen (secondary N) is 4. The first kappa shape index (κ1) is 47.9. The van der Waals surface area contributed by atoms with Gasteiger partial charge in [-0.3, -0.25) is 15.0 Å². The summed E-state index contributed by atoms with van der Waals surface area (Å²) < 4.78 is 4.61. The molecule has 0 bridgehead atoms. The van der Waals surface area contributed by atoms with E-state index in [2.05, 4.69) is 110 Å². The van der Waals surface area contributed by atoms with Crippen molar-refractivity contribution in [2.75, 3.05) is 6.54 Å². The number of ketones is 1. The van der Waals surface area contributed by atoms with Crippen LogP contribution in [0.5, 0.6) is 0 Å². The summed E-state index contributed by atoms with van der Waals surface area (Å²) in [5.41, 5.74) is 11.9. The van der Waals surface area contributed by atoms with Crippen molar-refractivity contribution in [3.05, 3.63) is 0 Å². The van der Waals surface area contributed by atoms with Crippen LogP contribution in [0.1, 0.15) is 49.4 Å². The van der Waals surface area contributed by atoms with E-state index in [0.717, 1.165) is 0 Å². The number of nitrogens with two attached hydrogens (primary N) is 1. The molecule has 1 fully saturated rings. The number of carbonyl (C=O) groups is 3. The van der Waals surface area contributed by atoms with Gasteiger partial charge in [0.2, 0.25) is 5.91 Å². The summed E-state index contributed by atoms with van der Waals surface area (Å²) in [6.07, 6.45) is -0.979. The number of halogens is 5. The molecule has 1 aliphatic rings. The molecule has 2 amide bonds. The first-order chi connectivity index (χ1) is 14.2. The van der Waals surface area contributed by atoms with Gasteiger partial charge in [0.15, 0.2) is 0 Å². The van der Waals surface area contributed by atoms with Crippen LogP contribution in [0, 0.1) is 11.1 Å². The van der Waals surface area contributed by atoms with Crippen molar-refractivity contribution < 1.29 is 45.1 Å². The Morgan fingerprint density at radius 3 is 1.69 bits per heavy atom. The van der Waals surface area contributed by atoms with E-state index in [1.807, 2.05) is 12.3 Å². The van der Waals surface area contributed by atoms with Crippen LogP contribution >= 0.6 is 99.9 Å². The maximum atomic E-state index is 10.2. The molecule has 11 nitrogen and oxygen atoms in total. The number of aliphatic hydroxyl groups is 2. The van der Waals surface area contributed by atoms with Gasteiger partial charge in [-0.25, -0.2) is 21.7 Å². The second kappa shape index (κ2) is 38.2. The molecule has 18 heteroatoms. The number of hydrogen-bond acceptors (Lipinski definition) is 9. The number of rotatable bonds is 4. The fraction of sp³-hybridized carbons (Fsp3) is 0.786. The number of carbonyl (C=O) groups excluding carboxylic acids is 3. The van der Waals surface area contributed by atoms with Gasteiger partial charge in [0.1, 0.15) is 11.9 Å². The normalized spacial score (nSPS) is 14.3. The molecule has 1 saturated heterocycles. The Balaban J connectivity index is -0.0000000511. The van der Waals surface area contributed by atoms with Crippen LogP contribution in [-0.4, -0.2) is 52.9 Å². The molecule has 0 aromatic heterocycles. The summed E-state index contributed by atoms with van der Waals surface area (Å²) in [7, 11) is 0.628. The predicted molar refractivity (Wildman–Crippen MR) is 164 cm³/mol. The topological polar surface area (TPSA) is 199 Å². The third-order valence-electron chi connectivity index (χ3n) is 2.07. The zero-order valence-electron chi connectivity index (χ0n) is 17.2. The van der Waals surface area contributed by atoms with E-state index in [4.69, 9.17) is 27.1 Å². The Hall–Kier alpha value is 2.71. The standard InChI is InChI=1S/C5H10O2.C4H10N2O2.C4H7NO2.CH4.5HI.H2N2.2V.H2/c1-4(6)3-5(2)7;1-3(7)2-4(8)6-5;1-3-2-5-4(6)7-3;;;;;;;1-2;;;/h4,6H,3H2,1-2H3;3,7H,2,5H2,1H3,(H,6,8);3H,2H2,1H3,(H,5,6);1H4;5*1H;1-2H;;;1H/q;;;;;;;;;;+2;+3;/p-5. The monoisotopic (exact) mass is 1110 g/mol. The zero-order chi connectivity index (χ0) is 26.0. The van der Waals surface area contributed by atoms with Crippen molar-refractivity contribution >= 4 is 118 Å². The quantitative estimate of drug-likeness (QED) is 0.0668. The van der Waals surface area contributed by atoms with E-state index in [-0.39, 0.29) is 50.5 Å². The van der Waals surface area contributed by atoms with Crippen molar-refractivity contribution in [3.8, 4) is 0 Å². The molecule has 3 unspecified atom stereocenters. The van der Waals surface area contributed by atoms with Crippen LogP contribution in [0.4, 0.5) is 4.79 Å². The van der Waals surface area contributed by atoms with E-state index < -0.39 is 12.2 Å². The van der Waals surface area contributed by atoms with Crippen LogP contribution in [0.2, 0.25) is 0 Å². The van der Waals surface area contributed by atoms with Crippen molar-refractivity contribution in [3.63, 3.8) is 0 Å². The summed E-state index contributed by atoms with van der Waals surface area (Å²) >= 11 is 12.1. The van der Waals surface area contributed by atoms with Crippen molar-refractivity contribution in [2.45, 2.75) is 66.3 Å². The second-order valence-electron chi connectivity index (χ2n) is 5.23. The van der Waals surface area contributed by atoms with E-state index in [1.54, 1.807) is 6.92 Å². The van der Waals surface area contributed by atoms with Crippen LogP contribution in [-0.2, 0) is 28.7 Å². The predicted octanol–water partition coefficient (Wildman–Crippen LogP) is 5.11. The van der Waals surface area contributed by atoms with E-state index in [9.17, 15) is 14.4 Å². The number of alkyl carbamates (subject to hydrolysis) is 1. The van der Waals surface area contributed by atoms with Crippen molar-refractivity contribution in [2.24, 2.45) is 5.84 Å². The Morgan fingerprint density at radius 2 is 1.62 bits per heavy atom. The summed E-state index contributed by atoms with van der Waals surface area (Å²) in [6, 6.07) is 0. The Bertz CT molecular complexity index is 451. The number of cyclic esters (lactones) is 1. The summed E-state index contributed by atoms with van der Waals surface area (Å²) in [6.45, 7) is 7.08. The molecule has 1 heterocycles. The van der Waals surface area contributed by atoms with Crippen molar-refractivity contribution in [1.29, 1.82) is 11.1 Å². The number of hydrogen-bond donors (Lipinski definition) is 7. The first-order valence-electron chi connectivity index (χ1n) is 7.97. The molecule has 8 N–H and O–H groups in total. The molecule has 197 valence electrons. The average molecular weight is 1110 g/mol. The second-order valence-corrected chi connectivity index (χ2v) is 52.4. The zero-order valence-corrected chi connectivity index (χ0v) is 30.8. The molecule has 1 aliphatic heterocycles. The van der Waals surface area contributed by atoms with E-state index in [0.29, 0.717) is 16.0 Å². The van der Waals surface area contributed by atoms with Gasteiger partial charge < -0.3 is 20.3 Å². The van der Waals surface area contributed by atoms with E-state index in [1.165, 1.54) is 13.8 Å². The molecule has 0 radical (unpaired) electrons. The minimum atomic E-state index is -0.612. The van der Waals surface area contributed by atoms with Gasteiger partial charge in [-0.15, -0.1) is 0 Å². The van der Waals surface area contributed by atoms with Gasteiger partial charge in [-0.05, 0) is 27.7 Å². The summed E-state index contributed by atoms with van der Waals surface area (Å²) in [5, 5.41) is 19.5. The van der Waals surface area contributed by atoms with E-state index >= 15 is 0 Å². The number of aliphatic hydroxyl groups excluding tert-OH is 2. The third-order valence-corrected chi connectivity index (χ3v) is 2.07. The van der Waals surface area contributed by atoms with Gasteiger partial charge >= 0.3 is 120 Å². The Kier molecular flexibility index (Phi) is 57.2. The molecule has 0 aromatic carbocycles. The number of Topliss-reactive ketones (excluding diaryl/α,β-unsaturated/α-hetero) is 1. The summed E-state index contributed by atoms with van der Waals surface area (Å²) in [4.78, 5) is 30.2. The number of amides is 2. The Labute approximate surface area is 259 Å². The molecule has 0 aromatic rings. The first-order valence-corrected chi connectivity index (χ1v) is 30.5. The Morgan fingerprint density at radius 1 is 1.28 bits per heavy atom. The molecule has 0 saturated carbocycles. The van der Waals surface area contributed by atoms with Crippen LogP contribution < -0.4 is 16.6 Å². The molecular weight excluding hydrogens is 1070 g/mol. The van der Waals surface area contributed by atoms with Crippen LogP contribution in [0.25, 0.3) is 0 Å². The fourth-order valence-electron chi connectivity index (χ4n) is 1.24. The molecule has 1 rings (SSSR count). The van der Waals surface area contributed by atoms with Gasteiger partial charge in [-0.1, -0.05) is 7.43 Å². The molecule has 0 aliphatic carbocycles. The van der Waals surface area contributed by atoms with Gasteiger partial charge in [0.05, 0.1) is 25.2 Å². The fourth-order valence-corrected chi connectivity index (χ4v) is 1.24. The summed E-state index contributed by atoms with van der Waals surface area (Å²) in [5.74, 6) is 4.40. The van der Waals surface area contributed by atoms with Crippen LogP contribution in [0.3, 0.4) is 0 Å². The molecule has 0 spiro atoms. The van der Waals surface area contributed by atoms with Gasteiger partial charge in [0, 0.05) is 7.85 Å². The molecule has 3 atom stereocenters.